The second-order valence-electron chi connectivity index (χ2n) is 4.67. The van der Waals surface area contributed by atoms with E-state index in [1.54, 1.807) is 12.1 Å². The van der Waals surface area contributed by atoms with Crippen LogP contribution in [0, 0.1) is 11.7 Å². The van der Waals surface area contributed by atoms with Gasteiger partial charge in [-0.05, 0) is 50.4 Å². The Labute approximate surface area is 101 Å². The van der Waals surface area contributed by atoms with Gasteiger partial charge in [0.15, 0.2) is 5.78 Å². The Balaban J connectivity index is 1.84. The largest absolute Gasteiger partial charge is 0.317 e. The predicted molar refractivity (Wildman–Crippen MR) is 65.6 cm³/mol. The van der Waals surface area contributed by atoms with Gasteiger partial charge in [-0.2, -0.15) is 0 Å². The second kappa shape index (κ2) is 5.92. The highest BCUT2D eigenvalue weighted by Crippen LogP contribution is 2.19. The van der Waals surface area contributed by atoms with Crippen molar-refractivity contribution in [2.45, 2.75) is 25.7 Å². The van der Waals surface area contributed by atoms with Crippen LogP contribution in [-0.4, -0.2) is 18.9 Å². The maximum Gasteiger partial charge on any atom is 0.162 e. The van der Waals surface area contributed by atoms with E-state index in [0.717, 1.165) is 32.4 Å². The molecule has 0 bridgehead atoms. The number of rotatable bonds is 4. The van der Waals surface area contributed by atoms with Gasteiger partial charge in [-0.3, -0.25) is 4.79 Å². The molecule has 1 aliphatic heterocycles. The standard InChI is InChI=1S/C14H18FNO/c15-13-3-1-2-12(10-13)14(17)5-4-11-6-8-16-9-7-11/h1-3,10-11,16H,4-9H2. The summed E-state index contributed by atoms with van der Waals surface area (Å²) in [6.45, 7) is 2.11. The fourth-order valence-electron chi connectivity index (χ4n) is 2.31. The van der Waals surface area contributed by atoms with Crippen molar-refractivity contribution in [1.82, 2.24) is 5.32 Å². The van der Waals surface area contributed by atoms with E-state index in [0.29, 0.717) is 17.9 Å². The second-order valence-corrected chi connectivity index (χ2v) is 4.67. The molecular weight excluding hydrogens is 217 g/mol. The minimum Gasteiger partial charge on any atom is -0.317 e. The molecule has 2 rings (SSSR count). The van der Waals surface area contributed by atoms with Gasteiger partial charge >= 0.3 is 0 Å². The Morgan fingerprint density at radius 1 is 1.35 bits per heavy atom. The number of carbonyl (C=O) groups excluding carboxylic acids is 1. The third-order valence-electron chi connectivity index (χ3n) is 3.38. The first-order valence-corrected chi connectivity index (χ1v) is 6.25. The van der Waals surface area contributed by atoms with Crippen molar-refractivity contribution in [1.29, 1.82) is 0 Å². The van der Waals surface area contributed by atoms with Gasteiger partial charge in [-0.25, -0.2) is 4.39 Å². The normalized spacial score (nSPS) is 17.0. The Morgan fingerprint density at radius 2 is 2.12 bits per heavy atom. The van der Waals surface area contributed by atoms with E-state index in [2.05, 4.69) is 5.32 Å². The van der Waals surface area contributed by atoms with Crippen LogP contribution in [0.4, 0.5) is 4.39 Å². The Kier molecular flexibility index (Phi) is 4.26. The third kappa shape index (κ3) is 3.63. The molecule has 1 aromatic carbocycles. The minimum atomic E-state index is -0.335. The zero-order valence-corrected chi connectivity index (χ0v) is 9.92. The molecular formula is C14H18FNO. The summed E-state index contributed by atoms with van der Waals surface area (Å²) in [5, 5.41) is 3.31. The molecule has 1 saturated heterocycles. The van der Waals surface area contributed by atoms with Crippen LogP contribution in [0.3, 0.4) is 0 Å². The van der Waals surface area contributed by atoms with Crippen LogP contribution in [0.2, 0.25) is 0 Å². The first kappa shape index (κ1) is 12.2. The summed E-state index contributed by atoms with van der Waals surface area (Å²) in [4.78, 5) is 11.9. The van der Waals surface area contributed by atoms with E-state index in [1.165, 1.54) is 12.1 Å². The van der Waals surface area contributed by atoms with Crippen molar-refractivity contribution in [3.8, 4) is 0 Å². The summed E-state index contributed by atoms with van der Waals surface area (Å²) < 4.78 is 13.0. The number of piperidine rings is 1. The van der Waals surface area contributed by atoms with E-state index in [1.807, 2.05) is 0 Å². The lowest BCUT2D eigenvalue weighted by atomic mass is 9.91. The lowest BCUT2D eigenvalue weighted by Gasteiger charge is -2.22. The van der Waals surface area contributed by atoms with Crippen LogP contribution in [0.1, 0.15) is 36.0 Å². The van der Waals surface area contributed by atoms with Crippen molar-refractivity contribution < 1.29 is 9.18 Å². The van der Waals surface area contributed by atoms with E-state index in [4.69, 9.17) is 0 Å². The van der Waals surface area contributed by atoms with Crippen molar-refractivity contribution in [2.75, 3.05) is 13.1 Å². The quantitative estimate of drug-likeness (QED) is 0.813. The third-order valence-corrected chi connectivity index (χ3v) is 3.38. The molecule has 0 aromatic heterocycles. The van der Waals surface area contributed by atoms with Crippen molar-refractivity contribution >= 4 is 5.78 Å². The highest BCUT2D eigenvalue weighted by molar-refractivity contribution is 5.95. The van der Waals surface area contributed by atoms with E-state index in [-0.39, 0.29) is 11.6 Å². The predicted octanol–water partition coefficient (Wildman–Crippen LogP) is 2.79. The maximum absolute atomic E-state index is 13.0. The van der Waals surface area contributed by atoms with E-state index < -0.39 is 0 Å². The monoisotopic (exact) mass is 235 g/mol. The number of ketones is 1. The SMILES string of the molecule is O=C(CCC1CCNCC1)c1cccc(F)c1. The van der Waals surface area contributed by atoms with Gasteiger partial charge in [0.25, 0.3) is 0 Å². The molecule has 1 heterocycles. The van der Waals surface area contributed by atoms with Crippen LogP contribution in [0.25, 0.3) is 0 Å². The van der Waals surface area contributed by atoms with Crippen LogP contribution in [-0.2, 0) is 0 Å². The molecule has 1 aromatic rings. The number of hydrogen-bond acceptors (Lipinski definition) is 2. The Morgan fingerprint density at radius 3 is 2.82 bits per heavy atom. The van der Waals surface area contributed by atoms with Gasteiger partial charge in [-0.1, -0.05) is 12.1 Å². The van der Waals surface area contributed by atoms with Gasteiger partial charge in [0.1, 0.15) is 5.82 Å². The lowest BCUT2D eigenvalue weighted by molar-refractivity contribution is 0.0970. The smallest absolute Gasteiger partial charge is 0.162 e. The summed E-state index contributed by atoms with van der Waals surface area (Å²) in [6, 6.07) is 5.97. The average molecular weight is 235 g/mol. The maximum atomic E-state index is 13.0. The van der Waals surface area contributed by atoms with Crippen molar-refractivity contribution in [3.63, 3.8) is 0 Å². The molecule has 0 amide bonds. The van der Waals surface area contributed by atoms with Crippen LogP contribution >= 0.6 is 0 Å². The topological polar surface area (TPSA) is 29.1 Å². The van der Waals surface area contributed by atoms with Gasteiger partial charge in [0.05, 0.1) is 0 Å². The fourth-order valence-corrected chi connectivity index (χ4v) is 2.31. The first-order valence-electron chi connectivity index (χ1n) is 6.25. The molecule has 0 unspecified atom stereocenters. The van der Waals surface area contributed by atoms with Crippen LogP contribution < -0.4 is 5.32 Å². The number of Topliss-reactive ketones (excluding diaryl/α,β-unsaturated/α-hetero) is 1. The number of benzene rings is 1. The summed E-state index contributed by atoms with van der Waals surface area (Å²) in [5.74, 6) is 0.370. The van der Waals surface area contributed by atoms with Crippen molar-refractivity contribution in [2.24, 2.45) is 5.92 Å². The number of halogens is 1. The first-order chi connectivity index (χ1) is 8.25. The van der Waals surface area contributed by atoms with Gasteiger partial charge in [-0.15, -0.1) is 0 Å². The molecule has 17 heavy (non-hydrogen) atoms. The molecule has 1 N–H and O–H groups in total. The molecule has 0 radical (unpaired) electrons. The highest BCUT2D eigenvalue weighted by atomic mass is 19.1. The minimum absolute atomic E-state index is 0.0584. The number of hydrogen-bond donors (Lipinski definition) is 1. The van der Waals surface area contributed by atoms with Crippen LogP contribution in [0.15, 0.2) is 24.3 Å². The molecule has 3 heteroatoms. The van der Waals surface area contributed by atoms with Crippen LogP contribution in [0.5, 0.6) is 0 Å². The summed E-state index contributed by atoms with van der Waals surface area (Å²) >= 11 is 0. The molecule has 0 saturated carbocycles. The average Bonchev–Trinajstić information content (AvgIpc) is 2.37. The summed E-state index contributed by atoms with van der Waals surface area (Å²) in [7, 11) is 0. The number of nitrogens with one attached hydrogen (secondary N) is 1. The molecule has 1 fully saturated rings. The van der Waals surface area contributed by atoms with Gasteiger partial charge in [0.2, 0.25) is 0 Å². The Hall–Kier alpha value is -1.22. The summed E-state index contributed by atoms with van der Waals surface area (Å²) in [6.07, 6.45) is 3.76. The lowest BCUT2D eigenvalue weighted by Crippen LogP contribution is -2.27. The zero-order valence-electron chi connectivity index (χ0n) is 9.92. The number of carbonyl (C=O) groups is 1. The fraction of sp³-hybridized carbons (Fsp3) is 0.500. The van der Waals surface area contributed by atoms with E-state index >= 15 is 0 Å². The van der Waals surface area contributed by atoms with E-state index in [9.17, 15) is 9.18 Å². The Bertz CT molecular complexity index is 386. The van der Waals surface area contributed by atoms with Crippen molar-refractivity contribution in [3.05, 3.63) is 35.6 Å². The zero-order chi connectivity index (χ0) is 12.1. The molecule has 2 nitrogen and oxygen atoms in total. The molecule has 0 aliphatic carbocycles. The molecule has 92 valence electrons. The van der Waals surface area contributed by atoms with Gasteiger partial charge < -0.3 is 5.32 Å². The highest BCUT2D eigenvalue weighted by Gasteiger charge is 2.15. The van der Waals surface area contributed by atoms with Gasteiger partial charge in [0, 0.05) is 12.0 Å². The molecule has 1 aliphatic rings. The molecule has 0 spiro atoms. The molecule has 0 atom stereocenters. The summed E-state index contributed by atoms with van der Waals surface area (Å²) in [5.41, 5.74) is 0.499.